The summed E-state index contributed by atoms with van der Waals surface area (Å²) >= 11 is 0. The molecule has 1 rings (SSSR count). The molecule has 5 nitrogen and oxygen atoms in total. The van der Waals surface area contributed by atoms with E-state index in [4.69, 9.17) is 5.11 Å². The molecule has 0 aliphatic heterocycles. The van der Waals surface area contributed by atoms with E-state index in [0.29, 0.717) is 4.90 Å². The number of nitrogens with zero attached hydrogens (tertiary/aromatic N) is 3. The molecule has 0 spiro atoms. The molecular weight excluding hydrogens is 251 g/mol. The summed E-state index contributed by atoms with van der Waals surface area (Å²) in [6, 6.07) is 1.66. The van der Waals surface area contributed by atoms with E-state index in [2.05, 4.69) is 5.10 Å². The average molecular weight is 265 g/mol. The Morgan fingerprint density at radius 2 is 2.17 bits per heavy atom. The second kappa shape index (κ2) is 6.39. The third kappa shape index (κ3) is 5.17. The van der Waals surface area contributed by atoms with Gasteiger partial charge in [0.05, 0.1) is 6.61 Å². The van der Waals surface area contributed by atoms with Crippen LogP contribution in [0.3, 0.4) is 0 Å². The number of amides is 1. The van der Waals surface area contributed by atoms with E-state index < -0.39 is 25.2 Å². The molecule has 1 aromatic rings. The average Bonchev–Trinajstić information content (AvgIpc) is 2.76. The van der Waals surface area contributed by atoms with Gasteiger partial charge < -0.3 is 10.0 Å². The summed E-state index contributed by atoms with van der Waals surface area (Å²) in [5.41, 5.74) is 0. The van der Waals surface area contributed by atoms with E-state index in [1.807, 2.05) is 0 Å². The Kier molecular flexibility index (Phi) is 5.14. The number of aliphatic hydroxyl groups excluding tert-OH is 1. The first-order chi connectivity index (χ1) is 8.42. The molecule has 0 fully saturated rings. The lowest BCUT2D eigenvalue weighted by Gasteiger charge is -2.23. The maximum atomic E-state index is 12.2. The van der Waals surface area contributed by atoms with Crippen LogP contribution in [0, 0.1) is 0 Å². The van der Waals surface area contributed by atoms with E-state index in [1.54, 1.807) is 12.3 Å². The van der Waals surface area contributed by atoms with Gasteiger partial charge in [-0.05, 0) is 6.07 Å². The van der Waals surface area contributed by atoms with Gasteiger partial charge in [-0.2, -0.15) is 18.3 Å². The van der Waals surface area contributed by atoms with Crippen molar-refractivity contribution < 1.29 is 23.1 Å². The van der Waals surface area contributed by atoms with Crippen LogP contribution in [0.5, 0.6) is 0 Å². The molecule has 8 heteroatoms. The lowest BCUT2D eigenvalue weighted by Crippen LogP contribution is -2.41. The summed E-state index contributed by atoms with van der Waals surface area (Å²) in [5.74, 6) is -0.656. The summed E-state index contributed by atoms with van der Waals surface area (Å²) in [4.78, 5) is 12.2. The van der Waals surface area contributed by atoms with E-state index in [-0.39, 0.29) is 19.5 Å². The minimum Gasteiger partial charge on any atom is -0.395 e. The Labute approximate surface area is 102 Å². The fraction of sp³-hybridized carbons (Fsp3) is 0.600. The third-order valence-electron chi connectivity index (χ3n) is 2.21. The monoisotopic (exact) mass is 265 g/mol. The lowest BCUT2D eigenvalue weighted by molar-refractivity contribution is -0.162. The van der Waals surface area contributed by atoms with Crippen molar-refractivity contribution in [3.8, 4) is 0 Å². The molecular formula is C10H14F3N3O2. The fourth-order valence-corrected chi connectivity index (χ4v) is 1.43. The van der Waals surface area contributed by atoms with Gasteiger partial charge in [-0.25, -0.2) is 0 Å². The summed E-state index contributed by atoms with van der Waals surface area (Å²) in [6.07, 6.45) is -1.41. The van der Waals surface area contributed by atoms with Crippen molar-refractivity contribution in [2.45, 2.75) is 19.1 Å². The maximum absolute atomic E-state index is 12.2. The molecule has 0 radical (unpaired) electrons. The van der Waals surface area contributed by atoms with E-state index >= 15 is 0 Å². The Bertz CT molecular complexity index is 365. The van der Waals surface area contributed by atoms with Crippen molar-refractivity contribution in [3.05, 3.63) is 18.5 Å². The molecule has 0 bridgehead atoms. The van der Waals surface area contributed by atoms with Crippen LogP contribution in [0.2, 0.25) is 0 Å². The normalized spacial score (nSPS) is 11.6. The van der Waals surface area contributed by atoms with Crippen molar-refractivity contribution in [2.75, 3.05) is 19.7 Å². The standard InChI is InChI=1S/C10H14F3N3O2/c11-10(12,13)8-15(6-7-17)9(18)2-5-16-4-1-3-14-16/h1,3-4,17H,2,5-8H2. The number of aliphatic hydroxyl groups is 1. The minimum absolute atomic E-state index is 0.0856. The summed E-state index contributed by atoms with van der Waals surface area (Å²) < 4.78 is 38.1. The van der Waals surface area contributed by atoms with Crippen LogP contribution in [-0.4, -0.2) is 51.6 Å². The van der Waals surface area contributed by atoms with Crippen LogP contribution in [0.15, 0.2) is 18.5 Å². The number of aromatic nitrogens is 2. The van der Waals surface area contributed by atoms with Crippen molar-refractivity contribution >= 4 is 5.91 Å². The largest absolute Gasteiger partial charge is 0.406 e. The number of carbonyl (C=O) groups excluding carboxylic acids is 1. The number of hydrogen-bond donors (Lipinski definition) is 1. The predicted octanol–water partition coefficient (Wildman–Crippen LogP) is 0.656. The first-order valence-electron chi connectivity index (χ1n) is 5.35. The van der Waals surface area contributed by atoms with E-state index in [1.165, 1.54) is 10.9 Å². The summed E-state index contributed by atoms with van der Waals surface area (Å²) in [5, 5.41) is 12.5. The van der Waals surface area contributed by atoms with Gasteiger partial charge in [0.15, 0.2) is 0 Å². The van der Waals surface area contributed by atoms with Gasteiger partial charge in [0, 0.05) is 31.9 Å². The zero-order valence-corrected chi connectivity index (χ0v) is 9.60. The first kappa shape index (κ1) is 14.5. The number of aryl methyl sites for hydroxylation is 1. The van der Waals surface area contributed by atoms with E-state index in [9.17, 15) is 18.0 Å². The van der Waals surface area contributed by atoms with Gasteiger partial charge in [-0.15, -0.1) is 0 Å². The number of alkyl halides is 3. The van der Waals surface area contributed by atoms with Gasteiger partial charge in [0.1, 0.15) is 6.54 Å². The molecule has 0 atom stereocenters. The van der Waals surface area contributed by atoms with Crippen molar-refractivity contribution in [3.63, 3.8) is 0 Å². The molecule has 102 valence electrons. The minimum atomic E-state index is -4.46. The van der Waals surface area contributed by atoms with Crippen molar-refractivity contribution in [1.82, 2.24) is 14.7 Å². The molecule has 1 amide bonds. The van der Waals surface area contributed by atoms with Gasteiger partial charge in [-0.1, -0.05) is 0 Å². The smallest absolute Gasteiger partial charge is 0.395 e. The summed E-state index contributed by atoms with van der Waals surface area (Å²) in [6.45, 7) is -1.95. The number of rotatable bonds is 6. The molecule has 1 heterocycles. The highest BCUT2D eigenvalue weighted by Gasteiger charge is 2.32. The third-order valence-corrected chi connectivity index (χ3v) is 2.21. The topological polar surface area (TPSA) is 58.4 Å². The number of carbonyl (C=O) groups is 1. The van der Waals surface area contributed by atoms with Gasteiger partial charge in [0.2, 0.25) is 5.91 Å². The fourth-order valence-electron chi connectivity index (χ4n) is 1.43. The molecule has 0 saturated carbocycles. The van der Waals surface area contributed by atoms with Crippen LogP contribution in [0.4, 0.5) is 13.2 Å². The van der Waals surface area contributed by atoms with Crippen LogP contribution in [0.1, 0.15) is 6.42 Å². The Morgan fingerprint density at radius 3 is 2.67 bits per heavy atom. The van der Waals surface area contributed by atoms with Crippen LogP contribution < -0.4 is 0 Å². The van der Waals surface area contributed by atoms with Crippen LogP contribution >= 0.6 is 0 Å². The lowest BCUT2D eigenvalue weighted by atomic mass is 10.3. The maximum Gasteiger partial charge on any atom is 0.406 e. The molecule has 18 heavy (non-hydrogen) atoms. The zero-order chi connectivity index (χ0) is 13.6. The quantitative estimate of drug-likeness (QED) is 0.822. The predicted molar refractivity (Wildman–Crippen MR) is 56.6 cm³/mol. The molecule has 1 aromatic heterocycles. The number of halogens is 3. The Morgan fingerprint density at radius 1 is 1.44 bits per heavy atom. The SMILES string of the molecule is O=C(CCn1cccn1)N(CCO)CC(F)(F)F. The number of hydrogen-bond acceptors (Lipinski definition) is 3. The second-order valence-electron chi connectivity index (χ2n) is 3.67. The van der Waals surface area contributed by atoms with Gasteiger partial charge in [-0.3, -0.25) is 9.48 Å². The highest BCUT2D eigenvalue weighted by Crippen LogP contribution is 2.16. The van der Waals surface area contributed by atoms with Gasteiger partial charge in [0.25, 0.3) is 0 Å². The van der Waals surface area contributed by atoms with Crippen molar-refractivity contribution in [1.29, 1.82) is 0 Å². The first-order valence-corrected chi connectivity index (χ1v) is 5.35. The highest BCUT2D eigenvalue weighted by molar-refractivity contribution is 5.76. The van der Waals surface area contributed by atoms with Gasteiger partial charge >= 0.3 is 6.18 Å². The highest BCUT2D eigenvalue weighted by atomic mass is 19.4. The summed E-state index contributed by atoms with van der Waals surface area (Å²) in [7, 11) is 0. The molecule has 0 saturated heterocycles. The molecule has 1 N–H and O–H groups in total. The Balaban J connectivity index is 2.48. The van der Waals surface area contributed by atoms with E-state index in [0.717, 1.165) is 0 Å². The zero-order valence-electron chi connectivity index (χ0n) is 9.60. The molecule has 0 unspecified atom stereocenters. The van der Waals surface area contributed by atoms with Crippen LogP contribution in [-0.2, 0) is 11.3 Å². The molecule has 0 aromatic carbocycles. The Hall–Kier alpha value is -1.57. The second-order valence-corrected chi connectivity index (χ2v) is 3.67. The molecule has 0 aliphatic carbocycles. The molecule has 0 aliphatic rings. The van der Waals surface area contributed by atoms with Crippen LogP contribution in [0.25, 0.3) is 0 Å². The van der Waals surface area contributed by atoms with Crippen molar-refractivity contribution in [2.24, 2.45) is 0 Å².